The third-order valence-corrected chi connectivity index (χ3v) is 5.66. The Morgan fingerprint density at radius 3 is 2.53 bits per heavy atom. The third-order valence-electron chi connectivity index (χ3n) is 4.69. The molecule has 0 spiro atoms. The quantitative estimate of drug-likeness (QED) is 0.478. The van der Waals surface area contributed by atoms with E-state index in [4.69, 9.17) is 9.47 Å². The van der Waals surface area contributed by atoms with Gasteiger partial charge in [-0.2, -0.15) is 5.10 Å². The van der Waals surface area contributed by atoms with Crippen LogP contribution < -0.4 is 20.3 Å². The summed E-state index contributed by atoms with van der Waals surface area (Å²) in [5.74, 6) is 0.175. The van der Waals surface area contributed by atoms with E-state index in [-0.39, 0.29) is 12.1 Å². The molecular weight excluding hydrogens is 435 g/mol. The summed E-state index contributed by atoms with van der Waals surface area (Å²) in [6, 6.07) is 10.6. The molecule has 8 nitrogen and oxygen atoms in total. The van der Waals surface area contributed by atoms with Gasteiger partial charge in [-0.3, -0.25) is 9.59 Å². The number of nitrogens with zero attached hydrogens (tertiary/aromatic N) is 3. The first-order valence-electron chi connectivity index (χ1n) is 9.55. The highest BCUT2D eigenvalue weighted by molar-refractivity contribution is 7.19. The molecule has 0 saturated carbocycles. The number of fused-ring (bicyclic) bond motifs is 1. The number of methoxy groups -OCH3 is 2. The van der Waals surface area contributed by atoms with Crippen molar-refractivity contribution in [2.45, 2.75) is 13.5 Å². The number of carbonyl (C=O) groups is 1. The first kappa shape index (κ1) is 21.4. The number of anilines is 1. The Morgan fingerprint density at radius 2 is 1.84 bits per heavy atom. The van der Waals surface area contributed by atoms with E-state index in [0.29, 0.717) is 38.2 Å². The van der Waals surface area contributed by atoms with E-state index in [9.17, 15) is 14.0 Å². The second kappa shape index (κ2) is 8.75. The average molecular weight is 454 g/mol. The van der Waals surface area contributed by atoms with Crippen LogP contribution in [0, 0.1) is 12.7 Å². The second-order valence-electron chi connectivity index (χ2n) is 6.85. The summed E-state index contributed by atoms with van der Waals surface area (Å²) in [6.07, 6.45) is 0. The number of ether oxygens (including phenoxy) is 2. The molecule has 4 aromatic rings. The van der Waals surface area contributed by atoms with Crippen molar-refractivity contribution in [3.63, 3.8) is 0 Å². The summed E-state index contributed by atoms with van der Waals surface area (Å²) < 4.78 is 25.5. The SMILES string of the molecule is COc1ccc(-c2nn(CC(=O)Nc3ccc(F)cc3)c(=O)c3nc(C)sc23)cc1OC. The molecule has 0 aliphatic heterocycles. The van der Waals surface area contributed by atoms with Crippen LogP contribution in [0.2, 0.25) is 0 Å². The Labute approximate surface area is 186 Å². The minimum Gasteiger partial charge on any atom is -0.493 e. The lowest BCUT2D eigenvalue weighted by Gasteiger charge is -2.12. The fourth-order valence-electron chi connectivity index (χ4n) is 3.22. The lowest BCUT2D eigenvalue weighted by atomic mass is 10.1. The molecule has 2 aromatic heterocycles. The Balaban J connectivity index is 1.76. The maximum absolute atomic E-state index is 13.1. The number of carbonyl (C=O) groups excluding carboxylic acids is 1. The summed E-state index contributed by atoms with van der Waals surface area (Å²) in [5.41, 5.74) is 1.37. The van der Waals surface area contributed by atoms with E-state index in [0.717, 1.165) is 4.68 Å². The molecule has 32 heavy (non-hydrogen) atoms. The van der Waals surface area contributed by atoms with E-state index < -0.39 is 17.3 Å². The topological polar surface area (TPSA) is 95.3 Å². The van der Waals surface area contributed by atoms with Gasteiger partial charge in [-0.25, -0.2) is 14.1 Å². The van der Waals surface area contributed by atoms with Crippen LogP contribution in [0.1, 0.15) is 5.01 Å². The molecule has 0 radical (unpaired) electrons. The molecule has 0 saturated heterocycles. The number of hydrogen-bond acceptors (Lipinski definition) is 7. The van der Waals surface area contributed by atoms with Crippen molar-refractivity contribution in [1.82, 2.24) is 14.8 Å². The van der Waals surface area contributed by atoms with Crippen LogP contribution in [-0.2, 0) is 11.3 Å². The van der Waals surface area contributed by atoms with Crippen LogP contribution in [0.25, 0.3) is 21.5 Å². The van der Waals surface area contributed by atoms with Gasteiger partial charge in [0, 0.05) is 11.3 Å². The Morgan fingerprint density at radius 1 is 1.12 bits per heavy atom. The number of halogens is 1. The Hall–Kier alpha value is -3.79. The van der Waals surface area contributed by atoms with E-state index in [1.165, 1.54) is 42.7 Å². The molecule has 10 heteroatoms. The third kappa shape index (κ3) is 4.17. The fraction of sp³-hybridized carbons (Fsp3) is 0.182. The van der Waals surface area contributed by atoms with Gasteiger partial charge in [-0.05, 0) is 49.4 Å². The highest BCUT2D eigenvalue weighted by Gasteiger charge is 2.19. The van der Waals surface area contributed by atoms with Crippen LogP contribution in [-0.4, -0.2) is 34.9 Å². The Bertz CT molecular complexity index is 1370. The molecular formula is C22H19FN4O4S. The number of rotatable bonds is 6. The first-order chi connectivity index (χ1) is 15.4. The number of amides is 1. The number of nitrogens with one attached hydrogen (secondary N) is 1. The van der Waals surface area contributed by atoms with Gasteiger partial charge in [0.1, 0.15) is 18.1 Å². The van der Waals surface area contributed by atoms with Crippen LogP contribution in [0.5, 0.6) is 11.5 Å². The standard InChI is InChI=1S/C22H19FN4O4S/c1-12-24-20-21(32-12)19(13-4-9-16(30-2)17(10-13)31-3)26-27(22(20)29)11-18(28)25-15-7-5-14(23)6-8-15/h4-10H,11H2,1-3H3,(H,25,28). The highest BCUT2D eigenvalue weighted by Crippen LogP contribution is 2.35. The largest absolute Gasteiger partial charge is 0.493 e. The molecule has 0 aliphatic carbocycles. The predicted molar refractivity (Wildman–Crippen MR) is 120 cm³/mol. The smallest absolute Gasteiger partial charge is 0.294 e. The molecule has 2 aromatic carbocycles. The monoisotopic (exact) mass is 454 g/mol. The van der Waals surface area contributed by atoms with Gasteiger partial charge in [-0.1, -0.05) is 0 Å². The summed E-state index contributed by atoms with van der Waals surface area (Å²) >= 11 is 1.35. The molecule has 2 heterocycles. The number of aryl methyl sites for hydroxylation is 1. The lowest BCUT2D eigenvalue weighted by Crippen LogP contribution is -2.30. The first-order valence-corrected chi connectivity index (χ1v) is 10.4. The van der Waals surface area contributed by atoms with Gasteiger partial charge in [0.05, 0.1) is 23.9 Å². The van der Waals surface area contributed by atoms with Gasteiger partial charge >= 0.3 is 0 Å². The molecule has 0 unspecified atom stereocenters. The van der Waals surface area contributed by atoms with E-state index in [2.05, 4.69) is 15.4 Å². The number of hydrogen-bond donors (Lipinski definition) is 1. The van der Waals surface area contributed by atoms with Crippen molar-refractivity contribution >= 4 is 33.1 Å². The number of aromatic nitrogens is 3. The zero-order valence-corrected chi connectivity index (χ0v) is 18.3. The summed E-state index contributed by atoms with van der Waals surface area (Å²) in [5, 5.41) is 7.80. The molecule has 164 valence electrons. The fourth-order valence-corrected chi connectivity index (χ4v) is 4.13. The normalized spacial score (nSPS) is 10.9. The van der Waals surface area contributed by atoms with Crippen molar-refractivity contribution in [3.8, 4) is 22.8 Å². The van der Waals surface area contributed by atoms with E-state index in [1.807, 2.05) is 0 Å². The lowest BCUT2D eigenvalue weighted by molar-refractivity contribution is -0.117. The molecule has 1 N–H and O–H groups in total. The van der Waals surface area contributed by atoms with Crippen molar-refractivity contribution in [2.24, 2.45) is 0 Å². The molecule has 0 bridgehead atoms. The molecule has 0 atom stereocenters. The summed E-state index contributed by atoms with van der Waals surface area (Å²) in [4.78, 5) is 29.8. The van der Waals surface area contributed by atoms with Gasteiger partial charge in [0.15, 0.2) is 17.0 Å². The van der Waals surface area contributed by atoms with Gasteiger partial charge < -0.3 is 14.8 Å². The van der Waals surface area contributed by atoms with Crippen LogP contribution in [0.4, 0.5) is 10.1 Å². The van der Waals surface area contributed by atoms with Gasteiger partial charge in [-0.15, -0.1) is 11.3 Å². The Kier molecular flexibility index (Phi) is 5.87. The van der Waals surface area contributed by atoms with Crippen molar-refractivity contribution in [1.29, 1.82) is 0 Å². The average Bonchev–Trinajstić information content (AvgIpc) is 3.18. The van der Waals surface area contributed by atoms with Crippen LogP contribution in [0.3, 0.4) is 0 Å². The van der Waals surface area contributed by atoms with E-state index in [1.54, 1.807) is 32.2 Å². The molecule has 4 rings (SSSR count). The van der Waals surface area contributed by atoms with Gasteiger partial charge in [0.2, 0.25) is 5.91 Å². The zero-order valence-electron chi connectivity index (χ0n) is 17.5. The highest BCUT2D eigenvalue weighted by atomic mass is 32.1. The summed E-state index contributed by atoms with van der Waals surface area (Å²) in [6.45, 7) is 1.47. The maximum Gasteiger partial charge on any atom is 0.294 e. The number of benzene rings is 2. The number of thiazole rings is 1. The predicted octanol–water partition coefficient (Wildman–Crippen LogP) is 3.62. The van der Waals surface area contributed by atoms with Crippen LogP contribution >= 0.6 is 11.3 Å². The summed E-state index contributed by atoms with van der Waals surface area (Å²) in [7, 11) is 3.07. The van der Waals surface area contributed by atoms with E-state index >= 15 is 0 Å². The zero-order chi connectivity index (χ0) is 22.8. The van der Waals surface area contributed by atoms with Crippen LogP contribution in [0.15, 0.2) is 47.3 Å². The van der Waals surface area contributed by atoms with Crippen molar-refractivity contribution in [2.75, 3.05) is 19.5 Å². The minimum atomic E-state index is -0.476. The minimum absolute atomic E-state index is 0.238. The van der Waals surface area contributed by atoms with Gasteiger partial charge in [0.25, 0.3) is 5.56 Å². The molecule has 0 aliphatic rings. The second-order valence-corrected chi connectivity index (χ2v) is 8.05. The maximum atomic E-state index is 13.1. The van der Waals surface area contributed by atoms with Crippen molar-refractivity contribution in [3.05, 3.63) is 63.6 Å². The van der Waals surface area contributed by atoms with Crippen molar-refractivity contribution < 1.29 is 18.7 Å². The molecule has 0 fully saturated rings. The molecule has 1 amide bonds.